The summed E-state index contributed by atoms with van der Waals surface area (Å²) in [6, 6.07) is 19.6. The zero-order valence-electron chi connectivity index (χ0n) is 19.2. The van der Waals surface area contributed by atoms with Crippen LogP contribution in [0.3, 0.4) is 0 Å². The molecular weight excluding hydrogens is 412 g/mol. The van der Waals surface area contributed by atoms with Crippen molar-refractivity contribution >= 4 is 11.6 Å². The molecule has 0 radical (unpaired) electrons. The molecule has 4 fully saturated rings. The molecule has 1 amide bonds. The van der Waals surface area contributed by atoms with E-state index in [1.54, 1.807) is 0 Å². The number of fused-ring (bicyclic) bond motifs is 2. The number of hydrogen-bond acceptors (Lipinski definition) is 5. The van der Waals surface area contributed by atoms with Gasteiger partial charge in [0.15, 0.2) is 5.60 Å². The maximum Gasteiger partial charge on any atom is 0.240 e. The number of piperazine rings is 1. The third-order valence-corrected chi connectivity index (χ3v) is 8.80. The second-order valence-electron chi connectivity index (χ2n) is 10.3. The lowest BCUT2D eigenvalue weighted by Crippen LogP contribution is -2.79. The molecule has 0 bridgehead atoms. The van der Waals surface area contributed by atoms with Gasteiger partial charge in [-0.15, -0.1) is 0 Å². The Balaban J connectivity index is 1.28. The molecule has 6 nitrogen and oxygen atoms in total. The van der Waals surface area contributed by atoms with Gasteiger partial charge in [0.25, 0.3) is 0 Å². The van der Waals surface area contributed by atoms with Crippen molar-refractivity contribution in [1.29, 1.82) is 0 Å². The van der Waals surface area contributed by atoms with Gasteiger partial charge >= 0.3 is 0 Å². The van der Waals surface area contributed by atoms with Crippen molar-refractivity contribution < 1.29 is 9.53 Å². The Morgan fingerprint density at radius 1 is 1.15 bits per heavy atom. The third-order valence-electron chi connectivity index (χ3n) is 8.80. The number of carbonyl (C=O) groups is 1. The Morgan fingerprint density at radius 3 is 2.82 bits per heavy atom. The van der Waals surface area contributed by atoms with Gasteiger partial charge in [-0.05, 0) is 24.5 Å². The maximum atomic E-state index is 13.6. The molecule has 2 aromatic carbocycles. The Labute approximate surface area is 195 Å². The van der Waals surface area contributed by atoms with E-state index in [0.29, 0.717) is 5.91 Å². The lowest BCUT2D eigenvalue weighted by molar-refractivity contribution is -0.292. The molecule has 0 aliphatic carbocycles. The normalized spacial score (nSPS) is 37.4. The van der Waals surface area contributed by atoms with Crippen LogP contribution in [0, 0.1) is 0 Å². The summed E-state index contributed by atoms with van der Waals surface area (Å²) in [5.41, 5.74) is 3.00. The molecule has 0 saturated carbocycles. The van der Waals surface area contributed by atoms with E-state index in [2.05, 4.69) is 82.0 Å². The van der Waals surface area contributed by atoms with Crippen LogP contribution >= 0.6 is 0 Å². The van der Waals surface area contributed by atoms with Crippen molar-refractivity contribution in [2.24, 2.45) is 0 Å². The molecule has 6 atom stereocenters. The molecule has 5 heterocycles. The largest absolute Gasteiger partial charge is 0.377 e. The number of rotatable bonds is 7. The van der Waals surface area contributed by atoms with Crippen LogP contribution in [0.4, 0.5) is 5.69 Å². The van der Waals surface area contributed by atoms with Crippen LogP contribution < -0.4 is 10.6 Å². The van der Waals surface area contributed by atoms with Gasteiger partial charge in [-0.3, -0.25) is 15.0 Å². The van der Waals surface area contributed by atoms with Crippen LogP contribution in [0.5, 0.6) is 0 Å². The highest BCUT2D eigenvalue weighted by Crippen LogP contribution is 2.69. The van der Waals surface area contributed by atoms with Crippen molar-refractivity contribution in [2.75, 3.05) is 25.0 Å². The van der Waals surface area contributed by atoms with E-state index in [4.69, 9.17) is 4.74 Å². The van der Waals surface area contributed by atoms with Gasteiger partial charge in [-0.25, -0.2) is 0 Å². The molecule has 2 aromatic rings. The van der Waals surface area contributed by atoms with E-state index in [9.17, 15) is 4.79 Å². The Kier molecular flexibility index (Phi) is 4.27. The quantitative estimate of drug-likeness (QED) is 0.688. The fourth-order valence-corrected chi connectivity index (χ4v) is 7.56. The van der Waals surface area contributed by atoms with E-state index in [1.165, 1.54) is 16.8 Å². The van der Waals surface area contributed by atoms with E-state index >= 15 is 0 Å². The van der Waals surface area contributed by atoms with E-state index in [0.717, 1.165) is 45.3 Å². The van der Waals surface area contributed by atoms with Gasteiger partial charge in [0.05, 0.1) is 24.2 Å². The fourth-order valence-electron chi connectivity index (χ4n) is 7.56. The monoisotopic (exact) mass is 444 g/mol. The molecule has 172 valence electrons. The van der Waals surface area contributed by atoms with Gasteiger partial charge in [-0.2, -0.15) is 0 Å². The predicted octanol–water partition coefficient (Wildman–Crippen LogP) is 2.70. The molecule has 5 aliphatic heterocycles. The molecule has 5 aliphatic rings. The summed E-state index contributed by atoms with van der Waals surface area (Å²) < 4.78 is 6.86. The van der Waals surface area contributed by atoms with Gasteiger partial charge in [-0.1, -0.05) is 61.9 Å². The van der Waals surface area contributed by atoms with E-state index < -0.39 is 5.60 Å². The molecule has 1 spiro atoms. The average molecular weight is 445 g/mol. The molecule has 7 rings (SSSR count). The minimum Gasteiger partial charge on any atom is -0.377 e. The second kappa shape index (κ2) is 7.05. The number of carbonyl (C=O) groups excluding carboxylic acids is 1. The lowest BCUT2D eigenvalue weighted by atomic mass is 9.71. The first-order valence-corrected chi connectivity index (χ1v) is 12.6. The van der Waals surface area contributed by atoms with E-state index in [1.807, 2.05) is 0 Å². The summed E-state index contributed by atoms with van der Waals surface area (Å²) in [4.78, 5) is 18.3. The maximum absolute atomic E-state index is 13.6. The first-order chi connectivity index (χ1) is 16.2. The molecule has 33 heavy (non-hydrogen) atoms. The third kappa shape index (κ3) is 2.37. The molecule has 6 heteroatoms. The minimum atomic E-state index is -0.439. The molecule has 2 N–H and O–H groups in total. The van der Waals surface area contributed by atoms with Crippen LogP contribution in [0.2, 0.25) is 0 Å². The topological polar surface area (TPSA) is 56.8 Å². The van der Waals surface area contributed by atoms with Crippen molar-refractivity contribution in [3.63, 3.8) is 0 Å². The molecular formula is C27H32N4O2. The van der Waals surface area contributed by atoms with Crippen LogP contribution in [0.15, 0.2) is 54.6 Å². The highest BCUT2D eigenvalue weighted by molar-refractivity contribution is 5.85. The van der Waals surface area contributed by atoms with Crippen molar-refractivity contribution in [3.8, 4) is 0 Å². The summed E-state index contributed by atoms with van der Waals surface area (Å²) in [5, 5.41) is 7.84. The minimum absolute atomic E-state index is 0.0359. The zero-order valence-corrected chi connectivity index (χ0v) is 19.2. The van der Waals surface area contributed by atoms with Gasteiger partial charge in [0.2, 0.25) is 5.91 Å². The second-order valence-corrected chi connectivity index (χ2v) is 10.3. The summed E-state index contributed by atoms with van der Waals surface area (Å²) in [7, 11) is 0. The van der Waals surface area contributed by atoms with E-state index in [-0.39, 0.29) is 29.9 Å². The van der Waals surface area contributed by atoms with Gasteiger partial charge in [0, 0.05) is 37.3 Å². The average Bonchev–Trinajstić information content (AvgIpc) is 3.36. The Hall–Kier alpha value is -2.41. The Morgan fingerprint density at radius 2 is 1.97 bits per heavy atom. The van der Waals surface area contributed by atoms with Crippen LogP contribution in [0.25, 0.3) is 0 Å². The van der Waals surface area contributed by atoms with Crippen molar-refractivity contribution in [1.82, 2.24) is 15.1 Å². The first kappa shape index (κ1) is 20.0. The van der Waals surface area contributed by atoms with Crippen LogP contribution in [-0.2, 0) is 21.6 Å². The summed E-state index contributed by atoms with van der Waals surface area (Å²) in [6.07, 6.45) is 3.96. The van der Waals surface area contributed by atoms with Crippen molar-refractivity contribution in [2.45, 2.75) is 68.1 Å². The number of benzene rings is 2. The summed E-state index contributed by atoms with van der Waals surface area (Å²) in [5.74, 6) is 0.297. The molecule has 4 unspecified atom stereocenters. The number of para-hydroxylation sites is 1. The SMILES string of the molecule is CCCCN1C[C@H]2C3Nc4ccccc4C34OC3C[C@@H](C1=O)N2C34NCCc1ccccc1. The Bertz CT molecular complexity index is 1090. The number of nitrogens with zero attached hydrogens (tertiary/aromatic N) is 2. The number of hydrogen-bond donors (Lipinski definition) is 2. The number of unbranched alkanes of at least 4 members (excludes halogenated alkanes) is 1. The van der Waals surface area contributed by atoms with Crippen LogP contribution in [0.1, 0.15) is 37.3 Å². The summed E-state index contributed by atoms with van der Waals surface area (Å²) >= 11 is 0. The smallest absolute Gasteiger partial charge is 0.240 e. The number of amides is 1. The number of ether oxygens (including phenoxy) is 1. The summed E-state index contributed by atoms with van der Waals surface area (Å²) in [6.45, 7) is 4.70. The van der Waals surface area contributed by atoms with Gasteiger partial charge in [0.1, 0.15) is 5.66 Å². The van der Waals surface area contributed by atoms with Crippen LogP contribution in [-0.4, -0.2) is 65.2 Å². The zero-order chi connectivity index (χ0) is 22.2. The number of nitrogens with one attached hydrogen (secondary N) is 2. The molecule has 0 aromatic heterocycles. The standard InChI is InChI=1S/C27H32N4O2/c1-2-3-15-30-17-22-24-26(19-11-7-8-12-20(19)29-24)27(28-14-13-18-9-5-4-6-10-18)23(33-26)16-21(25(30)32)31(22)27/h4-12,21-24,28-29H,2-3,13-17H2,1H3/t21-,22-,23?,24?,26?,27?/m0/s1. The number of anilines is 1. The highest BCUT2D eigenvalue weighted by atomic mass is 16.6. The predicted molar refractivity (Wildman–Crippen MR) is 127 cm³/mol. The highest BCUT2D eigenvalue weighted by Gasteiger charge is 2.86. The first-order valence-electron chi connectivity index (χ1n) is 12.6. The molecule has 4 saturated heterocycles. The van der Waals surface area contributed by atoms with Crippen molar-refractivity contribution in [3.05, 3.63) is 65.7 Å². The van der Waals surface area contributed by atoms with Gasteiger partial charge < -0.3 is 15.0 Å². The fraction of sp³-hybridized carbons (Fsp3) is 0.519. The lowest BCUT2D eigenvalue weighted by Gasteiger charge is -2.59.